The molecule has 130 valence electrons. The number of nitrogens with zero attached hydrogens (tertiary/aromatic N) is 1. The van der Waals surface area contributed by atoms with Crippen LogP contribution in [-0.2, 0) is 9.53 Å². The Bertz CT molecular complexity index is 832. The molecular formula is C17H15ClN2O5. The lowest BCUT2D eigenvalue weighted by Gasteiger charge is -2.17. The quantitative estimate of drug-likeness (QED) is 0.845. The second-order valence-electron chi connectivity index (χ2n) is 5.41. The van der Waals surface area contributed by atoms with E-state index in [0.717, 1.165) is 4.90 Å². The van der Waals surface area contributed by atoms with Crippen LogP contribution < -0.4 is 5.32 Å². The van der Waals surface area contributed by atoms with Crippen LogP contribution in [0.15, 0.2) is 40.8 Å². The minimum absolute atomic E-state index is 0.0551. The van der Waals surface area contributed by atoms with Gasteiger partial charge in [-0.15, -0.1) is 0 Å². The third-order valence-corrected chi connectivity index (χ3v) is 4.03. The topological polar surface area (TPSA) is 88.8 Å². The van der Waals surface area contributed by atoms with Crippen molar-refractivity contribution in [3.8, 4) is 11.3 Å². The average Bonchev–Trinajstić information content (AvgIpc) is 3.23. The monoisotopic (exact) mass is 362 g/mol. The Balaban J connectivity index is 1.69. The highest BCUT2D eigenvalue weighted by Gasteiger charge is 2.32. The van der Waals surface area contributed by atoms with Crippen molar-refractivity contribution in [1.82, 2.24) is 10.2 Å². The van der Waals surface area contributed by atoms with Gasteiger partial charge in [0.15, 0.2) is 6.10 Å². The molecule has 0 bridgehead atoms. The summed E-state index contributed by atoms with van der Waals surface area (Å²) in [6.45, 7) is 2.03. The number of carbonyl (C=O) groups excluding carboxylic acids is 3. The largest absolute Gasteiger partial charge is 0.449 e. The molecule has 2 aromatic rings. The van der Waals surface area contributed by atoms with E-state index in [4.69, 9.17) is 20.8 Å². The molecule has 3 amide bonds. The average molecular weight is 363 g/mol. The lowest BCUT2D eigenvalue weighted by atomic mass is 10.2. The van der Waals surface area contributed by atoms with Gasteiger partial charge in [-0.05, 0) is 31.2 Å². The van der Waals surface area contributed by atoms with Crippen LogP contribution in [-0.4, -0.2) is 42.0 Å². The van der Waals surface area contributed by atoms with Gasteiger partial charge in [0, 0.05) is 18.7 Å². The van der Waals surface area contributed by atoms with Crippen LogP contribution in [0.4, 0.5) is 4.79 Å². The molecule has 0 saturated carbocycles. The number of rotatable bonds is 4. The van der Waals surface area contributed by atoms with Crippen LogP contribution in [0.3, 0.4) is 0 Å². The smallest absolute Gasteiger partial charge is 0.375 e. The van der Waals surface area contributed by atoms with E-state index < -0.39 is 24.0 Å². The molecule has 1 saturated heterocycles. The predicted octanol–water partition coefficient (Wildman–Crippen LogP) is 2.70. The van der Waals surface area contributed by atoms with Crippen molar-refractivity contribution in [2.45, 2.75) is 13.0 Å². The van der Waals surface area contributed by atoms with Gasteiger partial charge >= 0.3 is 12.0 Å². The summed E-state index contributed by atoms with van der Waals surface area (Å²) < 4.78 is 10.6. The van der Waals surface area contributed by atoms with E-state index in [1.807, 2.05) is 0 Å². The molecule has 1 aliphatic rings. The number of carbonyl (C=O) groups is 3. The Morgan fingerprint density at radius 2 is 2.04 bits per heavy atom. The third kappa shape index (κ3) is 3.51. The Kier molecular flexibility index (Phi) is 4.76. The summed E-state index contributed by atoms with van der Waals surface area (Å²) in [7, 11) is 0. The number of hydrogen-bond donors (Lipinski definition) is 1. The van der Waals surface area contributed by atoms with E-state index in [-0.39, 0.29) is 12.3 Å². The number of imide groups is 1. The van der Waals surface area contributed by atoms with E-state index >= 15 is 0 Å². The van der Waals surface area contributed by atoms with E-state index in [1.54, 1.807) is 30.3 Å². The molecule has 25 heavy (non-hydrogen) atoms. The number of halogens is 1. The molecule has 8 heteroatoms. The van der Waals surface area contributed by atoms with E-state index in [0.29, 0.717) is 22.9 Å². The van der Waals surface area contributed by atoms with E-state index in [2.05, 4.69) is 5.32 Å². The van der Waals surface area contributed by atoms with Gasteiger partial charge in [0.2, 0.25) is 5.76 Å². The van der Waals surface area contributed by atoms with Crippen LogP contribution in [0.5, 0.6) is 0 Å². The summed E-state index contributed by atoms with van der Waals surface area (Å²) in [5.74, 6) is -1.02. The molecule has 1 aromatic heterocycles. The van der Waals surface area contributed by atoms with Crippen molar-refractivity contribution in [2.75, 3.05) is 13.1 Å². The number of ether oxygens (including phenoxy) is 1. The van der Waals surface area contributed by atoms with Crippen molar-refractivity contribution in [1.29, 1.82) is 0 Å². The van der Waals surface area contributed by atoms with Gasteiger partial charge < -0.3 is 14.5 Å². The predicted molar refractivity (Wildman–Crippen MR) is 89.1 cm³/mol. The molecule has 0 unspecified atom stereocenters. The number of hydrogen-bond acceptors (Lipinski definition) is 5. The van der Waals surface area contributed by atoms with Crippen LogP contribution >= 0.6 is 11.6 Å². The van der Waals surface area contributed by atoms with Gasteiger partial charge in [0.05, 0.1) is 5.02 Å². The standard InChI is InChI=1S/C17H15ClN2O5/c1-10(15(21)20-9-8-19-17(20)23)24-16(22)14-7-6-13(25-14)11-4-2-3-5-12(11)18/h2-7,10H,8-9H2,1H3,(H,19,23)/t10-/m0/s1. The summed E-state index contributed by atoms with van der Waals surface area (Å²) >= 11 is 6.10. The number of urea groups is 1. The van der Waals surface area contributed by atoms with Crippen LogP contribution in [0, 0.1) is 0 Å². The van der Waals surface area contributed by atoms with Crippen molar-refractivity contribution in [3.05, 3.63) is 47.2 Å². The number of benzene rings is 1. The molecular weight excluding hydrogens is 348 g/mol. The molecule has 1 fully saturated rings. The molecule has 1 N–H and O–H groups in total. The molecule has 1 aliphatic heterocycles. The van der Waals surface area contributed by atoms with Gasteiger partial charge in [0.25, 0.3) is 5.91 Å². The zero-order chi connectivity index (χ0) is 18.0. The second-order valence-corrected chi connectivity index (χ2v) is 5.82. The summed E-state index contributed by atoms with van der Waals surface area (Å²) in [6, 6.07) is 9.59. The highest BCUT2D eigenvalue weighted by atomic mass is 35.5. The zero-order valence-electron chi connectivity index (χ0n) is 13.3. The first-order chi connectivity index (χ1) is 12.0. The van der Waals surface area contributed by atoms with E-state index in [1.165, 1.54) is 13.0 Å². The van der Waals surface area contributed by atoms with Crippen molar-refractivity contribution in [3.63, 3.8) is 0 Å². The Labute approximate surface area is 148 Å². The summed E-state index contributed by atoms with van der Waals surface area (Å²) in [5.41, 5.74) is 0.640. The maximum atomic E-state index is 12.2. The Morgan fingerprint density at radius 3 is 2.72 bits per heavy atom. The van der Waals surface area contributed by atoms with E-state index in [9.17, 15) is 14.4 Å². The number of amides is 3. The SMILES string of the molecule is C[C@H](OC(=O)c1ccc(-c2ccccc2Cl)o1)C(=O)N1CCNC1=O. The van der Waals surface area contributed by atoms with Crippen molar-refractivity contribution in [2.24, 2.45) is 0 Å². The fraction of sp³-hybridized carbons (Fsp3) is 0.235. The number of esters is 1. The molecule has 7 nitrogen and oxygen atoms in total. The Hall–Kier alpha value is -2.80. The molecule has 3 rings (SSSR count). The molecule has 2 heterocycles. The van der Waals surface area contributed by atoms with Crippen LogP contribution in [0.1, 0.15) is 17.5 Å². The van der Waals surface area contributed by atoms with Gasteiger partial charge in [-0.2, -0.15) is 0 Å². The third-order valence-electron chi connectivity index (χ3n) is 3.70. The minimum atomic E-state index is -1.11. The first kappa shape index (κ1) is 17.0. The number of furan rings is 1. The zero-order valence-corrected chi connectivity index (χ0v) is 14.1. The van der Waals surface area contributed by atoms with Crippen molar-refractivity contribution >= 4 is 29.5 Å². The first-order valence-corrected chi connectivity index (χ1v) is 8.00. The summed E-state index contributed by atoms with van der Waals surface area (Å²) in [4.78, 5) is 36.8. The van der Waals surface area contributed by atoms with Gasteiger partial charge in [-0.25, -0.2) is 9.59 Å². The molecule has 0 spiro atoms. The number of nitrogens with one attached hydrogen (secondary N) is 1. The maximum Gasteiger partial charge on any atom is 0.375 e. The molecule has 0 aliphatic carbocycles. The highest BCUT2D eigenvalue weighted by molar-refractivity contribution is 6.33. The van der Waals surface area contributed by atoms with Gasteiger partial charge in [0.1, 0.15) is 5.76 Å². The lowest BCUT2D eigenvalue weighted by molar-refractivity contribution is -0.136. The van der Waals surface area contributed by atoms with Gasteiger partial charge in [-0.3, -0.25) is 9.69 Å². The van der Waals surface area contributed by atoms with Crippen LogP contribution in [0.25, 0.3) is 11.3 Å². The first-order valence-electron chi connectivity index (χ1n) is 7.62. The fourth-order valence-corrected chi connectivity index (χ4v) is 2.65. The Morgan fingerprint density at radius 1 is 1.28 bits per heavy atom. The lowest BCUT2D eigenvalue weighted by Crippen LogP contribution is -2.41. The normalized spacial score (nSPS) is 15.0. The fourth-order valence-electron chi connectivity index (χ4n) is 2.42. The molecule has 0 radical (unpaired) electrons. The molecule has 1 aromatic carbocycles. The molecule has 1 atom stereocenters. The van der Waals surface area contributed by atoms with Crippen LogP contribution in [0.2, 0.25) is 5.02 Å². The summed E-state index contributed by atoms with van der Waals surface area (Å²) in [5, 5.41) is 3.00. The van der Waals surface area contributed by atoms with Crippen molar-refractivity contribution < 1.29 is 23.5 Å². The summed E-state index contributed by atoms with van der Waals surface area (Å²) in [6.07, 6.45) is -1.11. The minimum Gasteiger partial charge on any atom is -0.449 e. The van der Waals surface area contributed by atoms with Gasteiger partial charge in [-0.1, -0.05) is 23.7 Å². The maximum absolute atomic E-state index is 12.2. The second kappa shape index (κ2) is 6.98. The highest BCUT2D eigenvalue weighted by Crippen LogP contribution is 2.29.